The molecular formula is C48H32N2S. The second-order valence-electron chi connectivity index (χ2n) is 13.6. The summed E-state index contributed by atoms with van der Waals surface area (Å²) in [6.45, 7) is 0. The van der Waals surface area contributed by atoms with Crippen LogP contribution < -0.4 is 0 Å². The molecule has 3 heteroatoms. The van der Waals surface area contributed by atoms with Crippen molar-refractivity contribution in [1.29, 1.82) is 0 Å². The summed E-state index contributed by atoms with van der Waals surface area (Å²) in [5.41, 5.74) is 13.8. The Labute approximate surface area is 299 Å². The smallest absolute Gasteiger partial charge is 0.0619 e. The van der Waals surface area contributed by atoms with Crippen LogP contribution in [0.2, 0.25) is 0 Å². The highest BCUT2D eigenvalue weighted by Crippen LogP contribution is 2.45. The van der Waals surface area contributed by atoms with E-state index in [1.165, 1.54) is 97.8 Å². The van der Waals surface area contributed by atoms with Crippen molar-refractivity contribution in [2.45, 2.75) is 12.8 Å². The van der Waals surface area contributed by atoms with E-state index < -0.39 is 0 Å². The molecule has 0 saturated carbocycles. The summed E-state index contributed by atoms with van der Waals surface area (Å²) in [6, 6.07) is 58.1. The topological polar surface area (TPSA) is 9.86 Å². The number of rotatable bonds is 4. The Morgan fingerprint density at radius 1 is 0.451 bits per heavy atom. The first-order valence-electron chi connectivity index (χ1n) is 17.7. The number of nitrogens with zero attached hydrogens (tertiary/aromatic N) is 2. The Hall–Kier alpha value is -6.16. The van der Waals surface area contributed by atoms with Crippen molar-refractivity contribution in [3.8, 4) is 33.6 Å². The first kappa shape index (κ1) is 28.7. The van der Waals surface area contributed by atoms with Gasteiger partial charge in [-0.1, -0.05) is 115 Å². The minimum Gasteiger partial charge on any atom is -0.309 e. The Balaban J connectivity index is 1.08. The van der Waals surface area contributed by atoms with Crippen LogP contribution in [0.5, 0.6) is 0 Å². The van der Waals surface area contributed by atoms with Crippen LogP contribution in [0, 0.1) is 0 Å². The van der Waals surface area contributed by atoms with E-state index in [2.05, 4.69) is 179 Å². The highest BCUT2D eigenvalue weighted by atomic mass is 32.1. The third kappa shape index (κ3) is 4.28. The number of thiophene rings is 1. The number of allylic oxidation sites excluding steroid dienone is 1. The molecule has 0 N–H and O–H groups in total. The van der Waals surface area contributed by atoms with Gasteiger partial charge < -0.3 is 9.13 Å². The van der Waals surface area contributed by atoms with E-state index >= 15 is 0 Å². The summed E-state index contributed by atoms with van der Waals surface area (Å²) in [4.78, 5) is 1.41. The minimum atomic E-state index is 1.12. The van der Waals surface area contributed by atoms with Gasteiger partial charge in [-0.25, -0.2) is 0 Å². The zero-order valence-electron chi connectivity index (χ0n) is 27.9. The first-order valence-corrected chi connectivity index (χ1v) is 18.6. The maximum absolute atomic E-state index is 2.48. The van der Waals surface area contributed by atoms with Crippen LogP contribution in [0.3, 0.4) is 0 Å². The molecule has 3 aromatic heterocycles. The largest absolute Gasteiger partial charge is 0.309 e. The molecule has 51 heavy (non-hydrogen) atoms. The number of para-hydroxylation sites is 4. The van der Waals surface area contributed by atoms with Gasteiger partial charge in [0.25, 0.3) is 0 Å². The fourth-order valence-electron chi connectivity index (χ4n) is 8.53. The Morgan fingerprint density at radius 2 is 1.08 bits per heavy atom. The zero-order valence-corrected chi connectivity index (χ0v) is 28.7. The van der Waals surface area contributed by atoms with Gasteiger partial charge in [-0.15, -0.1) is 11.3 Å². The standard InChI is InChI=1S/C48H32N2S/c1-2-12-33(13-3-1)49-43-21-7-5-15-36(43)42-30-32(26-29-45(42)49)31-24-27-34(28-25-31)50-44-22-8-4-14-35(44)38-17-10-18-39(47(38)50)41-20-11-19-40-37-16-6-9-23-46(37)51-48(40)41/h1-5,7-15,17-30H,6,16H2. The van der Waals surface area contributed by atoms with E-state index in [1.807, 2.05) is 11.3 Å². The van der Waals surface area contributed by atoms with Crippen molar-refractivity contribution in [2.24, 2.45) is 0 Å². The molecule has 10 aromatic rings. The molecule has 3 heterocycles. The molecule has 2 nitrogen and oxygen atoms in total. The molecule has 7 aromatic carbocycles. The van der Waals surface area contributed by atoms with Gasteiger partial charge in [0, 0.05) is 53.6 Å². The van der Waals surface area contributed by atoms with Gasteiger partial charge in [-0.3, -0.25) is 0 Å². The van der Waals surface area contributed by atoms with E-state index in [-0.39, 0.29) is 0 Å². The molecular weight excluding hydrogens is 637 g/mol. The molecule has 0 radical (unpaired) electrons. The van der Waals surface area contributed by atoms with Crippen molar-refractivity contribution in [3.05, 3.63) is 174 Å². The molecule has 0 spiro atoms. The van der Waals surface area contributed by atoms with E-state index in [0.29, 0.717) is 0 Å². The molecule has 0 unspecified atom stereocenters. The number of hydrogen-bond acceptors (Lipinski definition) is 1. The summed E-state index contributed by atoms with van der Waals surface area (Å²) in [7, 11) is 0. The van der Waals surface area contributed by atoms with E-state index in [9.17, 15) is 0 Å². The van der Waals surface area contributed by atoms with Crippen molar-refractivity contribution in [3.63, 3.8) is 0 Å². The predicted octanol–water partition coefficient (Wildman–Crippen LogP) is 13.4. The van der Waals surface area contributed by atoms with E-state index in [1.54, 1.807) is 0 Å². The molecule has 0 atom stereocenters. The molecule has 240 valence electrons. The molecule has 0 saturated heterocycles. The highest BCUT2D eigenvalue weighted by molar-refractivity contribution is 7.20. The molecule has 1 aliphatic carbocycles. The lowest BCUT2D eigenvalue weighted by atomic mass is 9.97. The number of aromatic nitrogens is 2. The monoisotopic (exact) mass is 668 g/mol. The van der Waals surface area contributed by atoms with Crippen molar-refractivity contribution < 1.29 is 0 Å². The zero-order chi connectivity index (χ0) is 33.5. The van der Waals surface area contributed by atoms with Gasteiger partial charge in [-0.05, 0) is 89.5 Å². The van der Waals surface area contributed by atoms with Gasteiger partial charge in [0.15, 0.2) is 0 Å². The van der Waals surface area contributed by atoms with Crippen LogP contribution in [0.4, 0.5) is 0 Å². The van der Waals surface area contributed by atoms with Gasteiger partial charge in [0.2, 0.25) is 0 Å². The average molecular weight is 669 g/mol. The minimum absolute atomic E-state index is 1.12. The second-order valence-corrected chi connectivity index (χ2v) is 14.6. The molecule has 0 bridgehead atoms. The lowest BCUT2D eigenvalue weighted by Gasteiger charge is -2.13. The predicted molar refractivity (Wildman–Crippen MR) is 219 cm³/mol. The number of fused-ring (bicyclic) bond motifs is 9. The van der Waals surface area contributed by atoms with Crippen LogP contribution in [0.1, 0.15) is 16.9 Å². The quantitative estimate of drug-likeness (QED) is 0.177. The van der Waals surface area contributed by atoms with E-state index in [0.717, 1.165) is 12.8 Å². The molecule has 0 amide bonds. The first-order chi connectivity index (χ1) is 25.3. The van der Waals surface area contributed by atoms with Crippen LogP contribution >= 0.6 is 11.3 Å². The van der Waals surface area contributed by atoms with Crippen LogP contribution in [-0.2, 0) is 6.42 Å². The van der Waals surface area contributed by atoms with Crippen LogP contribution in [-0.4, -0.2) is 9.13 Å². The number of benzene rings is 7. The maximum Gasteiger partial charge on any atom is 0.0619 e. The van der Waals surface area contributed by atoms with Crippen molar-refractivity contribution >= 4 is 71.1 Å². The summed E-state index contributed by atoms with van der Waals surface area (Å²) in [6.07, 6.45) is 6.88. The fourth-order valence-corrected chi connectivity index (χ4v) is 9.83. The lowest BCUT2D eigenvalue weighted by molar-refractivity contribution is 1.01. The maximum atomic E-state index is 2.48. The number of aryl methyl sites for hydroxylation is 1. The molecule has 11 rings (SSSR count). The summed E-state index contributed by atoms with van der Waals surface area (Å²) in [5, 5.41) is 6.50. The Bertz CT molecular complexity index is 3010. The average Bonchev–Trinajstić information content (AvgIpc) is 3.86. The van der Waals surface area contributed by atoms with Gasteiger partial charge >= 0.3 is 0 Å². The summed E-state index contributed by atoms with van der Waals surface area (Å²) < 4.78 is 6.24. The van der Waals surface area contributed by atoms with Gasteiger partial charge in [0.05, 0.1) is 22.1 Å². The van der Waals surface area contributed by atoms with Gasteiger partial charge in [0.1, 0.15) is 0 Å². The Morgan fingerprint density at radius 3 is 1.90 bits per heavy atom. The SMILES string of the molecule is C1=Cc2sc3c(-c4cccc5c6ccccc6n(-c6ccc(-c7ccc8c(c7)c7ccccc7n8-c7ccccc7)cc6)c45)cccc3c2CC1. The third-order valence-corrected chi connectivity index (χ3v) is 12.1. The van der Waals surface area contributed by atoms with Gasteiger partial charge in [-0.2, -0.15) is 0 Å². The normalized spacial score (nSPS) is 12.9. The summed E-state index contributed by atoms with van der Waals surface area (Å²) in [5.74, 6) is 0. The van der Waals surface area contributed by atoms with Crippen LogP contribution in [0.15, 0.2) is 164 Å². The van der Waals surface area contributed by atoms with Crippen molar-refractivity contribution in [1.82, 2.24) is 9.13 Å². The fraction of sp³-hybridized carbons (Fsp3) is 0.0417. The molecule has 0 fully saturated rings. The molecule has 1 aliphatic rings. The summed E-state index contributed by atoms with van der Waals surface area (Å²) >= 11 is 1.94. The van der Waals surface area contributed by atoms with E-state index in [4.69, 9.17) is 0 Å². The van der Waals surface area contributed by atoms with Crippen LogP contribution in [0.25, 0.3) is 93.4 Å². The second kappa shape index (κ2) is 11.2. The number of hydrogen-bond donors (Lipinski definition) is 0. The van der Waals surface area contributed by atoms with Crippen molar-refractivity contribution in [2.75, 3.05) is 0 Å². The Kier molecular flexibility index (Phi) is 6.28. The lowest BCUT2D eigenvalue weighted by Crippen LogP contribution is -1.96. The third-order valence-electron chi connectivity index (χ3n) is 10.8. The highest BCUT2D eigenvalue weighted by Gasteiger charge is 2.21. The molecule has 0 aliphatic heterocycles.